The smallest absolute Gasteiger partial charge is 0.266 e. The van der Waals surface area contributed by atoms with E-state index in [1.807, 2.05) is 19.1 Å². The van der Waals surface area contributed by atoms with Crippen LogP contribution in [0.3, 0.4) is 0 Å². The molecule has 0 aliphatic carbocycles. The first-order valence-corrected chi connectivity index (χ1v) is 7.64. The molecule has 1 amide bonds. The minimum absolute atomic E-state index is 0.0185. The summed E-state index contributed by atoms with van der Waals surface area (Å²) in [4.78, 5) is 15.0. The van der Waals surface area contributed by atoms with Crippen molar-refractivity contribution >= 4 is 44.6 Å². The Bertz CT molecular complexity index is 670. The zero-order valence-electron chi connectivity index (χ0n) is 11.1. The Kier molecular flexibility index (Phi) is 3.58. The fourth-order valence-electron chi connectivity index (χ4n) is 2.39. The highest BCUT2D eigenvalue weighted by atomic mass is 35.5. The third-order valence-corrected chi connectivity index (χ3v) is 4.82. The Balaban J connectivity index is 1.97. The van der Waals surface area contributed by atoms with Crippen LogP contribution in [0, 0.1) is 0 Å². The summed E-state index contributed by atoms with van der Waals surface area (Å²) >= 11 is 7.40. The van der Waals surface area contributed by atoms with Crippen LogP contribution in [0.25, 0.3) is 10.1 Å². The van der Waals surface area contributed by atoms with Gasteiger partial charge in [0.15, 0.2) is 0 Å². The van der Waals surface area contributed by atoms with E-state index in [9.17, 15) is 4.79 Å². The van der Waals surface area contributed by atoms with E-state index >= 15 is 0 Å². The summed E-state index contributed by atoms with van der Waals surface area (Å²) in [7, 11) is 0. The molecule has 3 rings (SSSR count). The maximum atomic E-state index is 12.6. The quantitative estimate of drug-likeness (QED) is 0.881. The number of halogens is 1. The van der Waals surface area contributed by atoms with Crippen LogP contribution in [0.15, 0.2) is 18.2 Å². The van der Waals surface area contributed by atoms with Gasteiger partial charge < -0.3 is 15.4 Å². The number of carbonyl (C=O) groups is 1. The molecule has 2 aromatic rings. The van der Waals surface area contributed by atoms with Crippen LogP contribution < -0.4 is 5.73 Å². The summed E-state index contributed by atoms with van der Waals surface area (Å²) < 4.78 is 6.44. The van der Waals surface area contributed by atoms with Crippen molar-refractivity contribution in [3.63, 3.8) is 0 Å². The van der Waals surface area contributed by atoms with Gasteiger partial charge in [0.1, 0.15) is 4.88 Å². The van der Waals surface area contributed by atoms with Crippen molar-refractivity contribution in [2.75, 3.05) is 25.4 Å². The molecule has 1 fully saturated rings. The molecule has 6 heteroatoms. The Morgan fingerprint density at radius 3 is 3.10 bits per heavy atom. The standard InChI is InChI=1S/C14H15ClN2O2S/c1-8-7-17(4-5-19-8)14(18)13-12(16)10-6-9(15)2-3-11(10)20-13/h2-3,6,8H,4-5,7,16H2,1H3. The minimum atomic E-state index is -0.0185. The number of fused-ring (bicyclic) bond motifs is 1. The van der Waals surface area contributed by atoms with Crippen molar-refractivity contribution in [1.82, 2.24) is 4.90 Å². The number of morpholine rings is 1. The van der Waals surface area contributed by atoms with Crippen molar-refractivity contribution in [1.29, 1.82) is 0 Å². The lowest BCUT2D eigenvalue weighted by Crippen LogP contribution is -2.44. The number of rotatable bonds is 1. The van der Waals surface area contributed by atoms with Gasteiger partial charge in [-0.2, -0.15) is 0 Å². The number of nitrogens with two attached hydrogens (primary N) is 1. The fourth-order valence-corrected chi connectivity index (χ4v) is 3.64. The predicted molar refractivity (Wildman–Crippen MR) is 82.6 cm³/mol. The molecule has 0 saturated carbocycles. The molecular formula is C14H15ClN2O2S. The van der Waals surface area contributed by atoms with Crippen LogP contribution in [0.1, 0.15) is 16.6 Å². The van der Waals surface area contributed by atoms with E-state index < -0.39 is 0 Å². The lowest BCUT2D eigenvalue weighted by molar-refractivity contribution is -0.0122. The highest BCUT2D eigenvalue weighted by molar-refractivity contribution is 7.21. The topological polar surface area (TPSA) is 55.6 Å². The molecule has 0 spiro atoms. The lowest BCUT2D eigenvalue weighted by Gasteiger charge is -2.30. The van der Waals surface area contributed by atoms with Crippen LogP contribution in [0.2, 0.25) is 5.02 Å². The van der Waals surface area contributed by atoms with Gasteiger partial charge in [0.2, 0.25) is 0 Å². The van der Waals surface area contributed by atoms with Gasteiger partial charge in [-0.1, -0.05) is 11.6 Å². The average molecular weight is 311 g/mol. The molecule has 1 aliphatic heterocycles. The van der Waals surface area contributed by atoms with Crippen LogP contribution in [0.5, 0.6) is 0 Å². The third-order valence-electron chi connectivity index (χ3n) is 3.41. The van der Waals surface area contributed by atoms with Gasteiger partial charge in [0, 0.05) is 28.2 Å². The Hall–Kier alpha value is -1.30. The monoisotopic (exact) mass is 310 g/mol. The number of hydrogen-bond acceptors (Lipinski definition) is 4. The minimum Gasteiger partial charge on any atom is -0.397 e. The number of benzene rings is 1. The molecule has 0 bridgehead atoms. The number of anilines is 1. The summed E-state index contributed by atoms with van der Waals surface area (Å²) in [6.07, 6.45) is 0.0674. The van der Waals surface area contributed by atoms with Crippen LogP contribution >= 0.6 is 22.9 Å². The van der Waals surface area contributed by atoms with Crippen molar-refractivity contribution in [3.8, 4) is 0 Å². The molecule has 1 atom stereocenters. The van der Waals surface area contributed by atoms with E-state index in [2.05, 4.69) is 0 Å². The second-order valence-electron chi connectivity index (χ2n) is 4.92. The molecule has 2 N–H and O–H groups in total. The van der Waals surface area contributed by atoms with Gasteiger partial charge in [-0.05, 0) is 25.1 Å². The van der Waals surface area contributed by atoms with Gasteiger partial charge in [0.05, 0.1) is 18.4 Å². The molecule has 1 unspecified atom stereocenters. The molecule has 0 radical (unpaired) electrons. The zero-order valence-corrected chi connectivity index (χ0v) is 12.6. The highest BCUT2D eigenvalue weighted by Gasteiger charge is 2.26. The van der Waals surface area contributed by atoms with Crippen LogP contribution in [0.4, 0.5) is 5.69 Å². The SMILES string of the molecule is CC1CN(C(=O)c2sc3ccc(Cl)cc3c2N)CCO1. The third kappa shape index (κ3) is 2.37. The first kappa shape index (κ1) is 13.7. The number of carbonyl (C=O) groups excluding carboxylic acids is 1. The van der Waals surface area contributed by atoms with E-state index in [1.54, 1.807) is 11.0 Å². The van der Waals surface area contributed by atoms with E-state index in [-0.39, 0.29) is 12.0 Å². The van der Waals surface area contributed by atoms with E-state index in [0.29, 0.717) is 35.3 Å². The molecule has 1 aromatic heterocycles. The zero-order chi connectivity index (χ0) is 14.3. The second kappa shape index (κ2) is 5.24. The molecule has 1 aromatic carbocycles. The van der Waals surface area contributed by atoms with Gasteiger partial charge in [-0.25, -0.2) is 0 Å². The van der Waals surface area contributed by atoms with E-state index in [1.165, 1.54) is 11.3 Å². The molecule has 20 heavy (non-hydrogen) atoms. The number of ether oxygens (including phenoxy) is 1. The summed E-state index contributed by atoms with van der Waals surface area (Å²) in [5.41, 5.74) is 6.65. The van der Waals surface area contributed by atoms with E-state index in [4.69, 9.17) is 22.1 Å². The number of nitrogens with zero attached hydrogens (tertiary/aromatic N) is 1. The summed E-state index contributed by atoms with van der Waals surface area (Å²) in [5.74, 6) is -0.0185. The Morgan fingerprint density at radius 2 is 2.35 bits per heavy atom. The molecular weight excluding hydrogens is 296 g/mol. The summed E-state index contributed by atoms with van der Waals surface area (Å²) in [6.45, 7) is 3.75. The van der Waals surface area contributed by atoms with Crippen molar-refractivity contribution in [2.24, 2.45) is 0 Å². The average Bonchev–Trinajstić information content (AvgIpc) is 2.75. The fraction of sp³-hybridized carbons (Fsp3) is 0.357. The number of amides is 1. The van der Waals surface area contributed by atoms with Crippen LogP contribution in [-0.4, -0.2) is 36.6 Å². The maximum absolute atomic E-state index is 12.6. The van der Waals surface area contributed by atoms with Crippen molar-refractivity contribution in [2.45, 2.75) is 13.0 Å². The van der Waals surface area contributed by atoms with Crippen molar-refractivity contribution < 1.29 is 9.53 Å². The van der Waals surface area contributed by atoms with E-state index in [0.717, 1.165) is 10.1 Å². The first-order chi connectivity index (χ1) is 9.56. The number of thiophene rings is 1. The largest absolute Gasteiger partial charge is 0.397 e. The van der Waals surface area contributed by atoms with Crippen LogP contribution in [-0.2, 0) is 4.74 Å². The van der Waals surface area contributed by atoms with Gasteiger partial charge in [-0.15, -0.1) is 11.3 Å². The molecule has 1 saturated heterocycles. The summed E-state index contributed by atoms with van der Waals surface area (Å²) in [5, 5.41) is 1.48. The number of hydrogen-bond donors (Lipinski definition) is 1. The second-order valence-corrected chi connectivity index (χ2v) is 6.41. The number of nitrogen functional groups attached to an aromatic ring is 1. The van der Waals surface area contributed by atoms with Gasteiger partial charge in [0.25, 0.3) is 5.91 Å². The molecule has 1 aliphatic rings. The van der Waals surface area contributed by atoms with Gasteiger partial charge in [-0.3, -0.25) is 4.79 Å². The lowest BCUT2D eigenvalue weighted by atomic mass is 10.2. The Morgan fingerprint density at radius 1 is 1.55 bits per heavy atom. The normalized spacial score (nSPS) is 19.5. The maximum Gasteiger partial charge on any atom is 0.266 e. The predicted octanol–water partition coefficient (Wildman–Crippen LogP) is 3.00. The first-order valence-electron chi connectivity index (χ1n) is 6.44. The molecule has 4 nitrogen and oxygen atoms in total. The highest BCUT2D eigenvalue weighted by Crippen LogP contribution is 2.36. The molecule has 106 valence electrons. The Labute approximate surface area is 126 Å². The molecule has 2 heterocycles. The van der Waals surface area contributed by atoms with Crippen molar-refractivity contribution in [3.05, 3.63) is 28.1 Å². The summed E-state index contributed by atoms with van der Waals surface area (Å²) in [6, 6.07) is 5.52. The van der Waals surface area contributed by atoms with Gasteiger partial charge >= 0.3 is 0 Å².